The summed E-state index contributed by atoms with van der Waals surface area (Å²) in [4.78, 5) is 36.5. The Hall–Kier alpha value is -3.20. The van der Waals surface area contributed by atoms with Gasteiger partial charge in [-0.1, -0.05) is 18.2 Å². The molecule has 1 atom stereocenters. The maximum absolute atomic E-state index is 12.7. The second-order valence-electron chi connectivity index (χ2n) is 6.37. The van der Waals surface area contributed by atoms with Gasteiger partial charge in [-0.05, 0) is 42.8 Å². The highest BCUT2D eigenvalue weighted by Crippen LogP contribution is 2.12. The number of nitrogens with one attached hydrogen (secondary N) is 2. The molecule has 0 aliphatic heterocycles. The van der Waals surface area contributed by atoms with Crippen molar-refractivity contribution in [3.05, 3.63) is 65.7 Å². The molecular weight excluding hydrogens is 396 g/mol. The summed E-state index contributed by atoms with van der Waals surface area (Å²) >= 11 is 0. The number of esters is 1. The third-order valence-corrected chi connectivity index (χ3v) is 4.99. The lowest BCUT2D eigenvalue weighted by molar-refractivity contribution is -0.118. The molecule has 0 heterocycles. The fourth-order valence-corrected chi connectivity index (χ4v) is 3.13. The summed E-state index contributed by atoms with van der Waals surface area (Å²) in [5, 5.41) is 5.19. The lowest BCUT2D eigenvalue weighted by Crippen LogP contribution is -2.44. The summed E-state index contributed by atoms with van der Waals surface area (Å²) in [5.41, 5.74) is 1.06. The Kier molecular flexibility index (Phi) is 7.49. The van der Waals surface area contributed by atoms with E-state index in [1.54, 1.807) is 30.3 Å². The third kappa shape index (κ3) is 7.04. The predicted octanol–water partition coefficient (Wildman–Crippen LogP) is 1.64. The Bertz CT molecular complexity index is 972. The van der Waals surface area contributed by atoms with Crippen molar-refractivity contribution < 1.29 is 27.5 Å². The molecule has 2 amide bonds. The van der Waals surface area contributed by atoms with Gasteiger partial charge in [-0.3, -0.25) is 9.59 Å². The zero-order valence-electron chi connectivity index (χ0n) is 16.0. The van der Waals surface area contributed by atoms with Crippen LogP contribution in [0.3, 0.4) is 0 Å². The Morgan fingerprint density at radius 2 is 1.59 bits per heavy atom. The Morgan fingerprint density at radius 1 is 0.966 bits per heavy atom. The number of hydrogen-bond donors (Lipinski definition) is 2. The van der Waals surface area contributed by atoms with Crippen molar-refractivity contribution >= 4 is 33.3 Å². The van der Waals surface area contributed by atoms with Crippen LogP contribution in [0, 0.1) is 0 Å². The van der Waals surface area contributed by atoms with Crippen molar-refractivity contribution in [2.45, 2.75) is 12.5 Å². The average molecular weight is 418 g/mol. The Labute approximate surface area is 169 Å². The van der Waals surface area contributed by atoms with Gasteiger partial charge >= 0.3 is 5.97 Å². The number of hydrogen-bond acceptors (Lipinski definition) is 6. The van der Waals surface area contributed by atoms with Crippen LogP contribution in [0.5, 0.6) is 0 Å². The topological polar surface area (TPSA) is 119 Å². The molecule has 0 saturated heterocycles. The van der Waals surface area contributed by atoms with Gasteiger partial charge < -0.3 is 15.4 Å². The first-order valence-electron chi connectivity index (χ1n) is 8.72. The molecular formula is C20H22N2O6S. The van der Waals surface area contributed by atoms with E-state index in [0.29, 0.717) is 16.8 Å². The van der Waals surface area contributed by atoms with E-state index in [1.165, 1.54) is 31.4 Å². The Morgan fingerprint density at radius 3 is 2.14 bits per heavy atom. The molecule has 2 N–H and O–H groups in total. The summed E-state index contributed by atoms with van der Waals surface area (Å²) in [6.45, 7) is 0. The minimum atomic E-state index is -3.33. The molecule has 2 aromatic carbocycles. The number of methoxy groups -OCH3 is 1. The molecule has 0 bridgehead atoms. The molecule has 154 valence electrons. The SMILES string of the molecule is COC(=O)c1ccc(NC(=O)[C@H](CCS(C)(=O)=O)NC(=O)c2ccccc2)cc1. The highest BCUT2D eigenvalue weighted by Gasteiger charge is 2.23. The van der Waals surface area contributed by atoms with E-state index in [1.807, 2.05) is 0 Å². The summed E-state index contributed by atoms with van der Waals surface area (Å²) < 4.78 is 27.6. The molecule has 9 heteroatoms. The van der Waals surface area contributed by atoms with Crippen LogP contribution >= 0.6 is 0 Å². The molecule has 0 fully saturated rings. The van der Waals surface area contributed by atoms with Crippen LogP contribution in [0.15, 0.2) is 54.6 Å². The second-order valence-corrected chi connectivity index (χ2v) is 8.63. The molecule has 2 rings (SSSR count). The summed E-state index contributed by atoms with van der Waals surface area (Å²) in [5.74, 6) is -1.82. The number of anilines is 1. The van der Waals surface area contributed by atoms with E-state index in [-0.39, 0.29) is 12.2 Å². The van der Waals surface area contributed by atoms with E-state index in [9.17, 15) is 22.8 Å². The molecule has 2 aromatic rings. The minimum absolute atomic E-state index is 0.0799. The van der Waals surface area contributed by atoms with E-state index < -0.39 is 33.7 Å². The highest BCUT2D eigenvalue weighted by atomic mass is 32.2. The minimum Gasteiger partial charge on any atom is -0.465 e. The molecule has 29 heavy (non-hydrogen) atoms. The first-order chi connectivity index (χ1) is 13.7. The molecule has 8 nitrogen and oxygen atoms in total. The molecule has 0 unspecified atom stereocenters. The van der Waals surface area contributed by atoms with Crippen molar-refractivity contribution in [1.29, 1.82) is 0 Å². The van der Waals surface area contributed by atoms with Gasteiger partial charge in [0.25, 0.3) is 5.91 Å². The number of carbonyl (C=O) groups is 3. The summed E-state index contributed by atoms with van der Waals surface area (Å²) in [6, 6.07) is 13.2. The number of ether oxygens (including phenoxy) is 1. The number of sulfone groups is 1. The van der Waals surface area contributed by atoms with Gasteiger partial charge in [0.05, 0.1) is 18.4 Å². The van der Waals surface area contributed by atoms with Gasteiger partial charge in [-0.25, -0.2) is 13.2 Å². The average Bonchev–Trinajstić information content (AvgIpc) is 2.70. The van der Waals surface area contributed by atoms with Gasteiger partial charge in [-0.15, -0.1) is 0 Å². The zero-order valence-corrected chi connectivity index (χ0v) is 16.9. The largest absolute Gasteiger partial charge is 0.465 e. The van der Waals surface area contributed by atoms with Crippen LogP contribution in [-0.4, -0.2) is 51.4 Å². The maximum atomic E-state index is 12.7. The lowest BCUT2D eigenvalue weighted by Gasteiger charge is -2.18. The monoisotopic (exact) mass is 418 g/mol. The zero-order chi connectivity index (χ0) is 21.4. The summed E-state index contributed by atoms with van der Waals surface area (Å²) in [7, 11) is -2.06. The first-order valence-corrected chi connectivity index (χ1v) is 10.8. The maximum Gasteiger partial charge on any atom is 0.337 e. The smallest absolute Gasteiger partial charge is 0.337 e. The van der Waals surface area contributed by atoms with Crippen molar-refractivity contribution in [2.75, 3.05) is 24.4 Å². The first kappa shape index (κ1) is 22.1. The van der Waals surface area contributed by atoms with Gasteiger partial charge in [0, 0.05) is 17.5 Å². The van der Waals surface area contributed by atoms with Crippen molar-refractivity contribution in [2.24, 2.45) is 0 Å². The van der Waals surface area contributed by atoms with Crippen LogP contribution in [0.1, 0.15) is 27.1 Å². The van der Waals surface area contributed by atoms with Gasteiger partial charge in [-0.2, -0.15) is 0 Å². The molecule has 0 aliphatic carbocycles. The molecule has 0 saturated carbocycles. The fourth-order valence-electron chi connectivity index (χ4n) is 2.47. The number of rotatable bonds is 8. The van der Waals surface area contributed by atoms with Crippen molar-refractivity contribution in [1.82, 2.24) is 5.32 Å². The normalized spacial score (nSPS) is 11.9. The van der Waals surface area contributed by atoms with E-state index in [2.05, 4.69) is 15.4 Å². The molecule has 0 spiro atoms. The van der Waals surface area contributed by atoms with Gasteiger partial charge in [0.15, 0.2) is 0 Å². The van der Waals surface area contributed by atoms with Crippen LogP contribution in [0.4, 0.5) is 5.69 Å². The summed E-state index contributed by atoms with van der Waals surface area (Å²) in [6.07, 6.45) is 0.982. The lowest BCUT2D eigenvalue weighted by atomic mass is 10.1. The molecule has 0 radical (unpaired) electrons. The van der Waals surface area contributed by atoms with E-state index in [0.717, 1.165) is 6.26 Å². The highest BCUT2D eigenvalue weighted by molar-refractivity contribution is 7.90. The second kappa shape index (κ2) is 9.83. The van der Waals surface area contributed by atoms with Gasteiger partial charge in [0.2, 0.25) is 5.91 Å². The van der Waals surface area contributed by atoms with Gasteiger partial charge in [0.1, 0.15) is 15.9 Å². The fraction of sp³-hybridized carbons (Fsp3) is 0.250. The number of amides is 2. The van der Waals surface area contributed by atoms with Crippen molar-refractivity contribution in [3.63, 3.8) is 0 Å². The number of carbonyl (C=O) groups excluding carboxylic acids is 3. The van der Waals surface area contributed by atoms with E-state index >= 15 is 0 Å². The quantitative estimate of drug-likeness (QED) is 0.629. The molecule has 0 aromatic heterocycles. The Balaban J connectivity index is 2.13. The van der Waals surface area contributed by atoms with Crippen LogP contribution < -0.4 is 10.6 Å². The predicted molar refractivity (Wildman–Crippen MR) is 108 cm³/mol. The van der Waals surface area contributed by atoms with E-state index in [4.69, 9.17) is 0 Å². The third-order valence-electron chi connectivity index (χ3n) is 4.01. The number of benzene rings is 2. The van der Waals surface area contributed by atoms with Crippen LogP contribution in [0.25, 0.3) is 0 Å². The standard InChI is InChI=1S/C20H22N2O6S/c1-28-20(25)15-8-10-16(11-9-15)21-19(24)17(12-13-29(2,26)27)22-18(23)14-6-4-3-5-7-14/h3-11,17H,12-13H2,1-2H3,(H,21,24)(H,22,23)/t17-/m0/s1. The molecule has 0 aliphatic rings. The van der Waals surface area contributed by atoms with Crippen LogP contribution in [0.2, 0.25) is 0 Å². The van der Waals surface area contributed by atoms with Crippen LogP contribution in [-0.2, 0) is 19.4 Å². The van der Waals surface area contributed by atoms with Crippen molar-refractivity contribution in [3.8, 4) is 0 Å².